The van der Waals surface area contributed by atoms with Crippen LogP contribution in [0.15, 0.2) is 42.5 Å². The molecule has 2 nitrogen and oxygen atoms in total. The Morgan fingerprint density at radius 3 is 2.69 bits per heavy atom. The van der Waals surface area contributed by atoms with Gasteiger partial charge in [0.2, 0.25) is 0 Å². The van der Waals surface area contributed by atoms with Crippen LogP contribution in [0, 0.1) is 0 Å². The number of benzene rings is 2. The van der Waals surface area contributed by atoms with Crippen LogP contribution in [0.3, 0.4) is 0 Å². The van der Waals surface area contributed by atoms with E-state index in [1.807, 2.05) is 24.3 Å². The standard InChI is InChI=1S/C13H12O2.CH4/c1-2-6-12-10(4-1)5-3-7-13(12)15-9-11-8-14-11;/h1-7,11H,8-9H2;1H4. The van der Waals surface area contributed by atoms with Crippen LogP contribution in [0.1, 0.15) is 7.43 Å². The zero-order valence-corrected chi connectivity index (χ0v) is 8.35. The van der Waals surface area contributed by atoms with Crippen LogP contribution in [-0.2, 0) is 4.74 Å². The van der Waals surface area contributed by atoms with E-state index in [-0.39, 0.29) is 7.43 Å². The van der Waals surface area contributed by atoms with Gasteiger partial charge in [-0.05, 0) is 11.5 Å². The lowest BCUT2D eigenvalue weighted by atomic mass is 10.1. The minimum absolute atomic E-state index is 0. The van der Waals surface area contributed by atoms with E-state index < -0.39 is 0 Å². The molecule has 2 aromatic rings. The first-order valence-electron chi connectivity index (χ1n) is 5.16. The highest BCUT2D eigenvalue weighted by Crippen LogP contribution is 2.25. The minimum atomic E-state index is 0. The fourth-order valence-electron chi connectivity index (χ4n) is 1.67. The van der Waals surface area contributed by atoms with Gasteiger partial charge in [-0.25, -0.2) is 0 Å². The Kier molecular flexibility index (Phi) is 3.11. The number of fused-ring (bicyclic) bond motifs is 1. The van der Waals surface area contributed by atoms with Gasteiger partial charge in [0.25, 0.3) is 0 Å². The van der Waals surface area contributed by atoms with Crippen LogP contribution in [0.25, 0.3) is 10.8 Å². The minimum Gasteiger partial charge on any atom is -0.490 e. The summed E-state index contributed by atoms with van der Waals surface area (Å²) in [6.07, 6.45) is 0.309. The molecule has 2 aromatic carbocycles. The molecule has 0 amide bonds. The summed E-state index contributed by atoms with van der Waals surface area (Å²) >= 11 is 0. The predicted molar refractivity (Wildman–Crippen MR) is 65.9 cm³/mol. The van der Waals surface area contributed by atoms with Gasteiger partial charge < -0.3 is 9.47 Å². The highest BCUT2D eigenvalue weighted by Gasteiger charge is 2.23. The lowest BCUT2D eigenvalue weighted by molar-refractivity contribution is 0.265. The predicted octanol–water partition coefficient (Wildman–Crippen LogP) is 3.25. The second-order valence-electron chi connectivity index (χ2n) is 3.74. The molecule has 16 heavy (non-hydrogen) atoms. The monoisotopic (exact) mass is 216 g/mol. The number of hydrogen-bond donors (Lipinski definition) is 0. The van der Waals surface area contributed by atoms with Crippen LogP contribution in [0.2, 0.25) is 0 Å². The first kappa shape index (κ1) is 11.0. The molecule has 0 bridgehead atoms. The van der Waals surface area contributed by atoms with Crippen molar-refractivity contribution in [2.45, 2.75) is 13.5 Å². The van der Waals surface area contributed by atoms with Gasteiger partial charge in [-0.3, -0.25) is 0 Å². The number of rotatable bonds is 3. The molecule has 1 heterocycles. The molecule has 1 atom stereocenters. The van der Waals surface area contributed by atoms with Crippen molar-refractivity contribution < 1.29 is 9.47 Å². The average Bonchev–Trinajstić information content (AvgIpc) is 3.10. The fraction of sp³-hybridized carbons (Fsp3) is 0.286. The molecule has 0 aliphatic carbocycles. The zero-order chi connectivity index (χ0) is 10.1. The summed E-state index contributed by atoms with van der Waals surface area (Å²) < 4.78 is 10.8. The molecule has 3 rings (SSSR count). The van der Waals surface area contributed by atoms with Crippen LogP contribution in [0.4, 0.5) is 0 Å². The maximum absolute atomic E-state index is 5.72. The second kappa shape index (κ2) is 4.54. The van der Waals surface area contributed by atoms with Gasteiger partial charge in [-0.2, -0.15) is 0 Å². The Labute approximate surface area is 95.8 Å². The Hall–Kier alpha value is -1.54. The van der Waals surface area contributed by atoms with E-state index in [2.05, 4.69) is 18.2 Å². The summed E-state index contributed by atoms with van der Waals surface area (Å²) in [6.45, 7) is 1.50. The summed E-state index contributed by atoms with van der Waals surface area (Å²) in [5.74, 6) is 0.948. The van der Waals surface area contributed by atoms with E-state index in [1.165, 1.54) is 10.8 Å². The summed E-state index contributed by atoms with van der Waals surface area (Å²) in [7, 11) is 0. The topological polar surface area (TPSA) is 21.8 Å². The molecule has 1 unspecified atom stereocenters. The Balaban J connectivity index is 0.000000963. The maximum Gasteiger partial charge on any atom is 0.127 e. The van der Waals surface area contributed by atoms with Crippen molar-refractivity contribution in [1.29, 1.82) is 0 Å². The Bertz CT molecular complexity index is 470. The van der Waals surface area contributed by atoms with Gasteiger partial charge in [0.1, 0.15) is 18.5 Å². The van der Waals surface area contributed by atoms with Gasteiger partial charge in [0, 0.05) is 5.39 Å². The van der Waals surface area contributed by atoms with Crippen LogP contribution >= 0.6 is 0 Å². The summed E-state index contributed by atoms with van der Waals surface area (Å²) in [5, 5.41) is 2.38. The van der Waals surface area contributed by atoms with Crippen molar-refractivity contribution in [2.24, 2.45) is 0 Å². The number of ether oxygens (including phenoxy) is 2. The van der Waals surface area contributed by atoms with Gasteiger partial charge in [0.15, 0.2) is 0 Å². The molecule has 0 spiro atoms. The Morgan fingerprint density at radius 2 is 1.88 bits per heavy atom. The second-order valence-corrected chi connectivity index (χ2v) is 3.74. The van der Waals surface area contributed by atoms with Crippen LogP contribution < -0.4 is 4.74 Å². The number of epoxide rings is 1. The lowest BCUT2D eigenvalue weighted by Crippen LogP contribution is -2.04. The molecule has 2 heteroatoms. The van der Waals surface area contributed by atoms with E-state index in [0.29, 0.717) is 12.7 Å². The molecule has 1 aliphatic rings. The van der Waals surface area contributed by atoms with E-state index in [0.717, 1.165) is 12.4 Å². The SMILES string of the molecule is C.c1ccc2c(OCC3CO3)cccc2c1. The highest BCUT2D eigenvalue weighted by molar-refractivity contribution is 5.88. The molecule has 1 aliphatic heterocycles. The lowest BCUT2D eigenvalue weighted by Gasteiger charge is -2.07. The van der Waals surface area contributed by atoms with Crippen LogP contribution in [0.5, 0.6) is 5.75 Å². The average molecular weight is 216 g/mol. The van der Waals surface area contributed by atoms with Crippen molar-refractivity contribution in [3.8, 4) is 5.75 Å². The summed E-state index contributed by atoms with van der Waals surface area (Å²) in [6, 6.07) is 14.4. The van der Waals surface area contributed by atoms with E-state index in [9.17, 15) is 0 Å². The quantitative estimate of drug-likeness (QED) is 0.734. The first-order chi connectivity index (χ1) is 7.43. The van der Waals surface area contributed by atoms with Crippen molar-refractivity contribution in [2.75, 3.05) is 13.2 Å². The third-order valence-corrected chi connectivity index (χ3v) is 2.58. The van der Waals surface area contributed by atoms with Crippen LogP contribution in [-0.4, -0.2) is 19.3 Å². The molecule has 0 aromatic heterocycles. The highest BCUT2D eigenvalue weighted by atomic mass is 16.6. The molecule has 0 N–H and O–H groups in total. The van der Waals surface area contributed by atoms with E-state index in [4.69, 9.17) is 9.47 Å². The van der Waals surface area contributed by atoms with E-state index >= 15 is 0 Å². The van der Waals surface area contributed by atoms with Crippen molar-refractivity contribution in [3.63, 3.8) is 0 Å². The van der Waals surface area contributed by atoms with Gasteiger partial charge in [-0.15, -0.1) is 0 Å². The molecule has 0 saturated carbocycles. The third kappa shape index (κ3) is 2.17. The van der Waals surface area contributed by atoms with Gasteiger partial charge in [-0.1, -0.05) is 43.8 Å². The van der Waals surface area contributed by atoms with Crippen molar-refractivity contribution in [3.05, 3.63) is 42.5 Å². The van der Waals surface area contributed by atoms with E-state index in [1.54, 1.807) is 0 Å². The summed E-state index contributed by atoms with van der Waals surface area (Å²) in [5.41, 5.74) is 0. The Morgan fingerprint density at radius 1 is 1.12 bits per heavy atom. The van der Waals surface area contributed by atoms with Crippen molar-refractivity contribution in [1.82, 2.24) is 0 Å². The van der Waals surface area contributed by atoms with Gasteiger partial charge >= 0.3 is 0 Å². The summed E-state index contributed by atoms with van der Waals surface area (Å²) in [4.78, 5) is 0. The molecule has 84 valence electrons. The molecule has 0 radical (unpaired) electrons. The largest absolute Gasteiger partial charge is 0.490 e. The first-order valence-corrected chi connectivity index (χ1v) is 5.16. The smallest absolute Gasteiger partial charge is 0.127 e. The molecular weight excluding hydrogens is 200 g/mol. The number of hydrogen-bond acceptors (Lipinski definition) is 2. The van der Waals surface area contributed by atoms with Gasteiger partial charge in [0.05, 0.1) is 6.61 Å². The molecule has 1 saturated heterocycles. The fourth-order valence-corrected chi connectivity index (χ4v) is 1.67. The molecule has 1 fully saturated rings. The third-order valence-electron chi connectivity index (χ3n) is 2.58. The zero-order valence-electron chi connectivity index (χ0n) is 8.35. The molecular formula is C14H16O2. The normalized spacial score (nSPS) is 17.9. The maximum atomic E-state index is 5.72. The van der Waals surface area contributed by atoms with Crippen molar-refractivity contribution >= 4 is 10.8 Å².